The summed E-state index contributed by atoms with van der Waals surface area (Å²) in [5, 5.41) is 0. The van der Waals surface area contributed by atoms with Gasteiger partial charge in [0.2, 0.25) is 0 Å². The lowest BCUT2D eigenvalue weighted by Crippen LogP contribution is -2.06. The van der Waals surface area contributed by atoms with E-state index in [0.717, 1.165) is 0 Å². The van der Waals surface area contributed by atoms with Crippen LogP contribution in [-0.4, -0.2) is 8.42 Å². The Bertz CT molecular complexity index is 297. The monoisotopic (exact) mass is 172 g/mol. The third-order valence-corrected chi connectivity index (χ3v) is 1.96. The highest BCUT2D eigenvalue weighted by molar-refractivity contribution is 7.72. The largest absolute Gasteiger partial charge is 0.324 e. The number of hydrogen-bond acceptors (Lipinski definition) is 4. The first-order chi connectivity index (χ1) is 5.24. The molecule has 1 aromatic rings. The molecule has 1 rings (SSSR count). The van der Waals surface area contributed by atoms with Crippen molar-refractivity contribution in [3.63, 3.8) is 0 Å². The third-order valence-electron chi connectivity index (χ3n) is 1.24. The van der Waals surface area contributed by atoms with E-state index in [0.29, 0.717) is 10.6 Å². The number of anilines is 1. The zero-order valence-electron chi connectivity index (χ0n) is 5.65. The van der Waals surface area contributed by atoms with Crippen molar-refractivity contribution in [2.45, 2.75) is 4.90 Å². The Morgan fingerprint density at radius 2 is 1.73 bits per heavy atom. The van der Waals surface area contributed by atoms with Gasteiger partial charge in [-0.2, -0.15) is 0 Å². The lowest BCUT2D eigenvalue weighted by Gasteiger charge is -1.97. The lowest BCUT2D eigenvalue weighted by molar-refractivity contribution is 0.614. The van der Waals surface area contributed by atoms with Gasteiger partial charge < -0.3 is 5.43 Å². The minimum Gasteiger partial charge on any atom is -0.324 e. The molecule has 11 heavy (non-hydrogen) atoms. The Balaban J connectivity index is 3.01. The highest BCUT2D eigenvalue weighted by atomic mass is 32.2. The van der Waals surface area contributed by atoms with Crippen molar-refractivity contribution in [3.8, 4) is 0 Å². The van der Waals surface area contributed by atoms with E-state index in [-0.39, 0.29) is 0 Å². The molecule has 4 nitrogen and oxygen atoms in total. The van der Waals surface area contributed by atoms with Gasteiger partial charge in [-0.05, 0) is 24.3 Å². The van der Waals surface area contributed by atoms with Crippen LogP contribution in [0.15, 0.2) is 29.2 Å². The molecule has 0 bridgehead atoms. The number of benzene rings is 1. The molecular weight excluding hydrogens is 164 g/mol. The number of hydrazine groups is 1. The summed E-state index contributed by atoms with van der Waals surface area (Å²) >= 11 is 0. The molecule has 0 aliphatic heterocycles. The molecule has 0 spiro atoms. The summed E-state index contributed by atoms with van der Waals surface area (Å²) in [4.78, 5) is 0.291. The minimum atomic E-state index is -2.48. The number of nitrogens with one attached hydrogen (secondary N) is 1. The average Bonchev–Trinajstić information content (AvgIpc) is 2.05. The molecule has 5 heteroatoms. The fraction of sp³-hybridized carbons (Fsp3) is 0. The lowest BCUT2D eigenvalue weighted by atomic mass is 10.3. The molecule has 0 atom stereocenters. The van der Waals surface area contributed by atoms with Crippen molar-refractivity contribution in [1.29, 1.82) is 0 Å². The van der Waals surface area contributed by atoms with E-state index in [1.54, 1.807) is 12.1 Å². The Kier molecular flexibility index (Phi) is 2.45. The molecule has 3 N–H and O–H groups in total. The minimum absolute atomic E-state index is 0.291. The van der Waals surface area contributed by atoms with E-state index in [1.165, 1.54) is 12.1 Å². The Labute approximate surface area is 65.9 Å². The maximum Gasteiger partial charge on any atom is 0.168 e. The van der Waals surface area contributed by atoms with Crippen LogP contribution in [-0.2, 0) is 10.7 Å². The van der Waals surface area contributed by atoms with Crippen molar-refractivity contribution < 1.29 is 8.42 Å². The van der Waals surface area contributed by atoms with Gasteiger partial charge in [-0.3, -0.25) is 5.84 Å². The van der Waals surface area contributed by atoms with Gasteiger partial charge in [0.05, 0.1) is 4.90 Å². The van der Waals surface area contributed by atoms with E-state index in [1.807, 2.05) is 0 Å². The number of thiol groups is 1. The van der Waals surface area contributed by atoms with Crippen LogP contribution in [0, 0.1) is 0 Å². The van der Waals surface area contributed by atoms with Crippen LogP contribution in [0.1, 0.15) is 0 Å². The summed E-state index contributed by atoms with van der Waals surface area (Å²) < 4.78 is 20.8. The Hall–Kier alpha value is -1.07. The summed E-state index contributed by atoms with van der Waals surface area (Å²) in [5.74, 6) is 5.08. The van der Waals surface area contributed by atoms with Crippen molar-refractivity contribution in [2.24, 2.45) is 5.84 Å². The summed E-state index contributed by atoms with van der Waals surface area (Å²) in [6, 6.07) is 6.17. The van der Waals surface area contributed by atoms with Crippen LogP contribution < -0.4 is 11.3 Å². The fourth-order valence-electron chi connectivity index (χ4n) is 0.679. The quantitative estimate of drug-likeness (QED) is 0.332. The zero-order chi connectivity index (χ0) is 8.27. The Morgan fingerprint density at radius 3 is 2.09 bits per heavy atom. The van der Waals surface area contributed by atoms with Crippen molar-refractivity contribution in [3.05, 3.63) is 24.3 Å². The molecular formula is C6H8N2O2S. The van der Waals surface area contributed by atoms with Crippen LogP contribution in [0.25, 0.3) is 0 Å². The van der Waals surface area contributed by atoms with Gasteiger partial charge in [-0.15, -0.1) is 0 Å². The van der Waals surface area contributed by atoms with Crippen molar-refractivity contribution in [2.75, 3.05) is 5.43 Å². The number of hydrogen-bond donors (Lipinski definition) is 3. The molecule has 0 saturated heterocycles. The third kappa shape index (κ3) is 1.92. The van der Waals surface area contributed by atoms with Gasteiger partial charge in [0.1, 0.15) is 0 Å². The maximum atomic E-state index is 10.4. The molecule has 0 aromatic heterocycles. The molecule has 60 valence electrons. The molecule has 0 radical (unpaired) electrons. The average molecular weight is 172 g/mol. The fourth-order valence-corrected chi connectivity index (χ4v) is 1.07. The van der Waals surface area contributed by atoms with E-state index in [9.17, 15) is 8.42 Å². The summed E-state index contributed by atoms with van der Waals surface area (Å²) in [6.45, 7) is 0. The van der Waals surface area contributed by atoms with Gasteiger partial charge in [-0.25, -0.2) is 8.42 Å². The number of nitrogens with two attached hydrogens (primary N) is 1. The first-order valence-electron chi connectivity index (χ1n) is 2.95. The molecule has 0 heterocycles. The van der Waals surface area contributed by atoms with E-state index >= 15 is 0 Å². The first kappa shape index (κ1) is 8.03. The highest BCUT2D eigenvalue weighted by Crippen LogP contribution is 2.08. The standard InChI is InChI=1S/C6H8N2O2S/c7-8-5-1-3-6(4-2-5)11(9)10/h1-4,8,11H,7H2. The van der Waals surface area contributed by atoms with Crippen molar-refractivity contribution in [1.82, 2.24) is 0 Å². The summed E-state index contributed by atoms with van der Waals surface area (Å²) in [6.07, 6.45) is 0. The first-order valence-corrected chi connectivity index (χ1v) is 4.13. The van der Waals surface area contributed by atoms with E-state index < -0.39 is 10.7 Å². The number of nitrogen functional groups attached to an aromatic ring is 1. The molecule has 1 aromatic carbocycles. The van der Waals surface area contributed by atoms with Gasteiger partial charge in [0.25, 0.3) is 0 Å². The van der Waals surface area contributed by atoms with Crippen molar-refractivity contribution >= 4 is 16.4 Å². The SMILES string of the molecule is NNc1ccc([SH](=O)=O)cc1. The second kappa shape index (κ2) is 3.36. The van der Waals surface area contributed by atoms with E-state index in [4.69, 9.17) is 5.84 Å². The molecule has 0 unspecified atom stereocenters. The molecule has 0 saturated carbocycles. The van der Waals surface area contributed by atoms with Crippen LogP contribution >= 0.6 is 0 Å². The predicted molar refractivity (Wildman–Crippen MR) is 42.8 cm³/mol. The van der Waals surface area contributed by atoms with Gasteiger partial charge in [-0.1, -0.05) is 0 Å². The number of rotatable bonds is 2. The zero-order valence-corrected chi connectivity index (χ0v) is 6.54. The second-order valence-corrected chi connectivity index (χ2v) is 2.98. The van der Waals surface area contributed by atoms with Crippen LogP contribution in [0.2, 0.25) is 0 Å². The normalized spacial score (nSPS) is 10.0. The van der Waals surface area contributed by atoms with E-state index in [2.05, 4.69) is 5.43 Å². The molecule has 0 aliphatic carbocycles. The highest BCUT2D eigenvalue weighted by Gasteiger charge is 1.92. The Morgan fingerprint density at radius 1 is 1.18 bits per heavy atom. The molecule has 0 aliphatic rings. The van der Waals surface area contributed by atoms with Gasteiger partial charge >= 0.3 is 0 Å². The van der Waals surface area contributed by atoms with Crippen LogP contribution in [0.4, 0.5) is 5.69 Å². The van der Waals surface area contributed by atoms with Gasteiger partial charge in [0, 0.05) is 5.69 Å². The molecule has 0 fully saturated rings. The van der Waals surface area contributed by atoms with Crippen LogP contribution in [0.3, 0.4) is 0 Å². The smallest absolute Gasteiger partial charge is 0.168 e. The van der Waals surface area contributed by atoms with Crippen LogP contribution in [0.5, 0.6) is 0 Å². The predicted octanol–water partition coefficient (Wildman–Crippen LogP) is -0.0575. The van der Waals surface area contributed by atoms with Gasteiger partial charge in [0.15, 0.2) is 10.7 Å². The maximum absolute atomic E-state index is 10.4. The summed E-state index contributed by atoms with van der Waals surface area (Å²) in [7, 11) is -2.48. The second-order valence-electron chi connectivity index (χ2n) is 1.95. The summed E-state index contributed by atoms with van der Waals surface area (Å²) in [5.41, 5.74) is 3.08. The topological polar surface area (TPSA) is 72.2 Å². The molecule has 0 amide bonds.